The van der Waals surface area contributed by atoms with Crippen LogP contribution in [0, 0.1) is 0 Å². The minimum Gasteiger partial charge on any atom is -0.388 e. The van der Waals surface area contributed by atoms with Gasteiger partial charge in [-0.05, 0) is 18.6 Å². The van der Waals surface area contributed by atoms with Crippen molar-refractivity contribution in [1.29, 1.82) is 0 Å². The molecule has 1 N–H and O–H groups in total. The second-order valence-corrected chi connectivity index (χ2v) is 4.29. The van der Waals surface area contributed by atoms with E-state index in [0.717, 1.165) is 17.7 Å². The van der Waals surface area contributed by atoms with Crippen molar-refractivity contribution in [2.45, 2.75) is 34.1 Å². The van der Waals surface area contributed by atoms with Crippen LogP contribution in [-0.2, 0) is 10.8 Å². The number of hydrogen-bond acceptors (Lipinski definition) is 2. The van der Waals surface area contributed by atoms with Crippen LogP contribution < -0.4 is 5.32 Å². The summed E-state index contributed by atoms with van der Waals surface area (Å²) >= 11 is 0. The third-order valence-corrected chi connectivity index (χ3v) is 2.36. The standard InChI is InChI=1S/C10H17NOS.2C2H6/c1-5-10(11-3)8-9(2)6-7-13(4)12;2*1-2/h5,8,11H,1-2,6-7H2,3-4H3;2*1-2H3/b10-8+;;. The average Bonchev–Trinajstić information content (AvgIpc) is 2.38. The van der Waals surface area contributed by atoms with Crippen molar-refractivity contribution in [2.24, 2.45) is 0 Å². The molecule has 0 aliphatic heterocycles. The van der Waals surface area contributed by atoms with E-state index in [1.807, 2.05) is 40.8 Å². The SMILES string of the molecule is C=C/C(=C\C(=C)CCS(C)=O)NC.CC.CC. The van der Waals surface area contributed by atoms with Crippen molar-refractivity contribution in [3.8, 4) is 0 Å². The summed E-state index contributed by atoms with van der Waals surface area (Å²) in [7, 11) is 1.09. The van der Waals surface area contributed by atoms with E-state index < -0.39 is 10.8 Å². The molecule has 0 aromatic rings. The molecule has 0 aliphatic rings. The quantitative estimate of drug-likeness (QED) is 0.738. The average molecular weight is 259 g/mol. The Hall–Kier alpha value is -0.830. The zero-order valence-electron chi connectivity index (χ0n) is 12.3. The Balaban J connectivity index is -0.000000439. The van der Waals surface area contributed by atoms with Gasteiger partial charge in [0, 0.05) is 35.6 Å². The van der Waals surface area contributed by atoms with Crippen molar-refractivity contribution >= 4 is 10.8 Å². The highest BCUT2D eigenvalue weighted by Crippen LogP contribution is 2.04. The van der Waals surface area contributed by atoms with Crippen molar-refractivity contribution < 1.29 is 4.21 Å². The minimum atomic E-state index is -0.741. The van der Waals surface area contributed by atoms with Gasteiger partial charge in [0.2, 0.25) is 0 Å². The van der Waals surface area contributed by atoms with Gasteiger partial charge in [0.1, 0.15) is 0 Å². The Morgan fingerprint density at radius 2 is 1.76 bits per heavy atom. The van der Waals surface area contributed by atoms with Gasteiger partial charge in [-0.3, -0.25) is 4.21 Å². The third-order valence-electron chi connectivity index (χ3n) is 1.58. The van der Waals surface area contributed by atoms with Crippen molar-refractivity contribution in [3.05, 3.63) is 36.6 Å². The van der Waals surface area contributed by atoms with Gasteiger partial charge in [0.25, 0.3) is 0 Å². The van der Waals surface area contributed by atoms with Crippen LogP contribution in [0.15, 0.2) is 36.6 Å². The number of rotatable bonds is 6. The maximum Gasteiger partial charge on any atom is 0.0334 e. The number of hydrogen-bond donors (Lipinski definition) is 1. The van der Waals surface area contributed by atoms with Gasteiger partial charge in [-0.2, -0.15) is 0 Å². The first-order valence-electron chi connectivity index (χ1n) is 6.09. The molecule has 0 fully saturated rings. The van der Waals surface area contributed by atoms with E-state index >= 15 is 0 Å². The Bertz CT molecular complexity index is 245. The highest BCUT2D eigenvalue weighted by molar-refractivity contribution is 7.84. The van der Waals surface area contributed by atoms with E-state index in [4.69, 9.17) is 0 Å². The zero-order chi connectivity index (χ0) is 14.3. The second-order valence-electron chi connectivity index (χ2n) is 2.74. The van der Waals surface area contributed by atoms with E-state index in [9.17, 15) is 4.21 Å². The fourth-order valence-corrected chi connectivity index (χ4v) is 1.35. The molecule has 0 bridgehead atoms. The van der Waals surface area contributed by atoms with E-state index in [1.54, 1.807) is 12.3 Å². The van der Waals surface area contributed by atoms with Crippen LogP contribution in [0.1, 0.15) is 34.1 Å². The number of nitrogens with one attached hydrogen (secondary N) is 1. The zero-order valence-corrected chi connectivity index (χ0v) is 13.1. The van der Waals surface area contributed by atoms with Crippen LogP contribution in [0.25, 0.3) is 0 Å². The molecule has 0 saturated heterocycles. The molecule has 0 aromatic carbocycles. The van der Waals surface area contributed by atoms with E-state index in [2.05, 4.69) is 18.5 Å². The molecule has 0 rings (SSSR count). The van der Waals surface area contributed by atoms with Crippen LogP contribution in [0.4, 0.5) is 0 Å². The first-order valence-corrected chi connectivity index (χ1v) is 7.82. The van der Waals surface area contributed by atoms with E-state index in [-0.39, 0.29) is 0 Å². The van der Waals surface area contributed by atoms with Crippen molar-refractivity contribution in [3.63, 3.8) is 0 Å². The molecule has 0 aromatic heterocycles. The molecule has 102 valence electrons. The highest BCUT2D eigenvalue weighted by atomic mass is 32.2. The lowest BCUT2D eigenvalue weighted by Gasteiger charge is -2.02. The second kappa shape index (κ2) is 17.6. The molecule has 1 unspecified atom stereocenters. The topological polar surface area (TPSA) is 29.1 Å². The van der Waals surface area contributed by atoms with Crippen LogP contribution in [0.2, 0.25) is 0 Å². The van der Waals surface area contributed by atoms with E-state index in [0.29, 0.717) is 5.75 Å². The van der Waals surface area contributed by atoms with Gasteiger partial charge in [-0.25, -0.2) is 0 Å². The molecule has 0 spiro atoms. The van der Waals surface area contributed by atoms with Crippen LogP contribution >= 0.6 is 0 Å². The van der Waals surface area contributed by atoms with Gasteiger partial charge < -0.3 is 5.32 Å². The van der Waals surface area contributed by atoms with Crippen molar-refractivity contribution in [2.75, 3.05) is 19.1 Å². The molecule has 0 aliphatic carbocycles. The Morgan fingerprint density at radius 3 is 2.06 bits per heavy atom. The molecule has 0 radical (unpaired) electrons. The lowest BCUT2D eigenvalue weighted by molar-refractivity contribution is 0.686. The third kappa shape index (κ3) is 17.8. The summed E-state index contributed by atoms with van der Waals surface area (Å²) in [6.45, 7) is 15.5. The molecular formula is C14H29NOS. The largest absolute Gasteiger partial charge is 0.388 e. The summed E-state index contributed by atoms with van der Waals surface area (Å²) in [6, 6.07) is 0. The van der Waals surface area contributed by atoms with Crippen LogP contribution in [0.5, 0.6) is 0 Å². The van der Waals surface area contributed by atoms with Gasteiger partial charge in [-0.15, -0.1) is 0 Å². The summed E-state index contributed by atoms with van der Waals surface area (Å²) in [5.41, 5.74) is 1.91. The first-order chi connectivity index (χ1) is 8.10. The van der Waals surface area contributed by atoms with E-state index in [1.165, 1.54) is 0 Å². The minimum absolute atomic E-state index is 0.670. The molecule has 17 heavy (non-hydrogen) atoms. The predicted octanol–water partition coefficient (Wildman–Crippen LogP) is 3.65. The summed E-state index contributed by atoms with van der Waals surface area (Å²) in [5.74, 6) is 0.670. The fourth-order valence-electron chi connectivity index (χ4n) is 0.800. The molecule has 0 heterocycles. The molecule has 0 saturated carbocycles. The maximum atomic E-state index is 10.8. The van der Waals surface area contributed by atoms with Crippen LogP contribution in [0.3, 0.4) is 0 Å². The predicted molar refractivity (Wildman–Crippen MR) is 82.7 cm³/mol. The Morgan fingerprint density at radius 1 is 1.29 bits per heavy atom. The fraction of sp³-hybridized carbons (Fsp3) is 0.571. The Kier molecular flexibility index (Phi) is 22.2. The lowest BCUT2D eigenvalue weighted by Crippen LogP contribution is -2.03. The van der Waals surface area contributed by atoms with Gasteiger partial charge in [-0.1, -0.05) is 46.4 Å². The summed E-state index contributed by atoms with van der Waals surface area (Å²) in [6.07, 6.45) is 6.11. The summed E-state index contributed by atoms with van der Waals surface area (Å²) in [4.78, 5) is 0. The maximum absolute atomic E-state index is 10.8. The monoisotopic (exact) mass is 259 g/mol. The van der Waals surface area contributed by atoms with Gasteiger partial charge in [0.15, 0.2) is 0 Å². The molecule has 0 amide bonds. The number of likely N-dealkylation sites (N-methyl/N-ethyl adjacent to an activating group) is 1. The van der Waals surface area contributed by atoms with Crippen molar-refractivity contribution in [1.82, 2.24) is 5.32 Å². The lowest BCUT2D eigenvalue weighted by atomic mass is 10.2. The Labute approximate surface area is 110 Å². The van der Waals surface area contributed by atoms with Gasteiger partial charge in [0.05, 0.1) is 0 Å². The first kappa shape index (κ1) is 21.5. The summed E-state index contributed by atoms with van der Waals surface area (Å²) in [5, 5.41) is 2.98. The summed E-state index contributed by atoms with van der Waals surface area (Å²) < 4.78 is 10.8. The smallest absolute Gasteiger partial charge is 0.0334 e. The molecule has 2 nitrogen and oxygen atoms in total. The van der Waals surface area contributed by atoms with Gasteiger partial charge >= 0.3 is 0 Å². The molecule has 3 heteroatoms. The van der Waals surface area contributed by atoms with Crippen LogP contribution in [-0.4, -0.2) is 23.3 Å². The molecule has 1 atom stereocenters. The highest BCUT2D eigenvalue weighted by Gasteiger charge is 1.94. The molecular weight excluding hydrogens is 230 g/mol. The normalized spacial score (nSPS) is 11.1. The number of allylic oxidation sites excluding steroid dienone is 3.